The van der Waals surface area contributed by atoms with Crippen molar-refractivity contribution in [2.75, 3.05) is 0 Å². The Labute approximate surface area is 327 Å². The molecule has 0 radical (unpaired) electrons. The number of thiophene rings is 4. The van der Waals surface area contributed by atoms with Gasteiger partial charge in [0.05, 0.1) is 20.8 Å². The number of aromatic nitrogens is 2. The first-order valence-electron chi connectivity index (χ1n) is 17.7. The van der Waals surface area contributed by atoms with Crippen molar-refractivity contribution in [3.63, 3.8) is 0 Å². The maximum Gasteiger partial charge on any atom is 0.0779 e. The van der Waals surface area contributed by atoms with Gasteiger partial charge in [-0.2, -0.15) is 0 Å². The van der Waals surface area contributed by atoms with E-state index in [9.17, 15) is 0 Å². The van der Waals surface area contributed by atoms with E-state index in [4.69, 9.17) is 0 Å². The summed E-state index contributed by atoms with van der Waals surface area (Å²) in [5.74, 6) is 13.7. The van der Waals surface area contributed by atoms with Crippen LogP contribution in [0.3, 0.4) is 0 Å². The second-order valence-electron chi connectivity index (χ2n) is 13.6. The molecule has 0 saturated carbocycles. The molecule has 0 atom stereocenters. The maximum absolute atomic E-state index is 3.42. The molecule has 0 saturated heterocycles. The maximum atomic E-state index is 3.42. The topological polar surface area (TPSA) is 9.86 Å². The smallest absolute Gasteiger partial charge is 0.0779 e. The van der Waals surface area contributed by atoms with E-state index < -0.39 is 0 Å². The van der Waals surface area contributed by atoms with Gasteiger partial charge in [-0.05, 0) is 94.3 Å². The molecular formula is C48H28N2S4. The predicted molar refractivity (Wildman–Crippen MR) is 237 cm³/mol. The molecule has 6 heterocycles. The van der Waals surface area contributed by atoms with Crippen LogP contribution in [0.4, 0.5) is 0 Å². The molecule has 254 valence electrons. The summed E-state index contributed by atoms with van der Waals surface area (Å²) in [5, 5.41) is 14.2. The van der Waals surface area contributed by atoms with Crippen molar-refractivity contribution in [3.8, 4) is 43.2 Å². The molecule has 11 rings (SSSR count). The molecule has 0 fully saturated rings. The normalized spacial score (nSPS) is 11.6. The van der Waals surface area contributed by atoms with Crippen LogP contribution in [0.5, 0.6) is 0 Å². The van der Waals surface area contributed by atoms with E-state index in [-0.39, 0.29) is 0 Å². The fourth-order valence-corrected chi connectivity index (χ4v) is 11.3. The minimum atomic E-state index is 1.03. The third kappa shape index (κ3) is 5.07. The van der Waals surface area contributed by atoms with Crippen LogP contribution in [0, 0.1) is 23.7 Å². The Kier molecular flexibility index (Phi) is 7.24. The molecule has 0 aliphatic heterocycles. The molecule has 0 N–H and O–H groups in total. The zero-order valence-electron chi connectivity index (χ0n) is 29.2. The number of benzene rings is 5. The molecule has 0 aliphatic carbocycles. The molecule has 0 aliphatic rings. The third-order valence-electron chi connectivity index (χ3n) is 10.5. The summed E-state index contributed by atoms with van der Waals surface area (Å²) >= 11 is 7.04. The van der Waals surface area contributed by atoms with Crippen molar-refractivity contribution >= 4 is 111 Å². The summed E-state index contributed by atoms with van der Waals surface area (Å²) in [5.41, 5.74) is 7.04. The van der Waals surface area contributed by atoms with Crippen LogP contribution in [0.25, 0.3) is 84.7 Å². The van der Waals surface area contributed by atoms with E-state index in [0.29, 0.717) is 0 Å². The number of hydrogen-bond donors (Lipinski definition) is 0. The SMILES string of the molecule is Cn1c2cc3c4ccc5cc(C#Cc6ccc(-c7cccs7)s6)ccc5c4n(C)c3cc2c2ccc3cc(C#Cc4ccc(-c5cccs5)s4)ccc3c21. The Morgan fingerprint density at radius 3 is 1.31 bits per heavy atom. The van der Waals surface area contributed by atoms with Gasteiger partial charge in [0.25, 0.3) is 0 Å². The van der Waals surface area contributed by atoms with Crippen LogP contribution < -0.4 is 0 Å². The number of nitrogens with zero attached hydrogens (tertiary/aromatic N) is 2. The monoisotopic (exact) mass is 760 g/mol. The molecule has 2 nitrogen and oxygen atoms in total. The molecule has 0 unspecified atom stereocenters. The summed E-state index contributed by atoms with van der Waals surface area (Å²) in [4.78, 5) is 7.30. The predicted octanol–water partition coefficient (Wildman–Crippen LogP) is 13.7. The summed E-state index contributed by atoms with van der Waals surface area (Å²) < 4.78 is 4.74. The van der Waals surface area contributed by atoms with Crippen LogP contribution in [-0.2, 0) is 14.1 Å². The standard InChI is InChI=1S/C48H28N2S4/c1-49-41-27-40-38-20-12-32-26-30(8-14-34-16-22-46(54-34)44-6-4-24-52-44)10-18-36(32)48(38)50(2)42(40)28-39(41)37-19-11-31-25-29(9-17-35(31)47(37)49)7-13-33-15-21-45(53-33)43-5-3-23-51-43/h3-6,9-12,15-28H,1-2H3. The average Bonchev–Trinajstić information content (AvgIpc) is 4.06. The van der Waals surface area contributed by atoms with E-state index >= 15 is 0 Å². The van der Waals surface area contributed by atoms with Crippen molar-refractivity contribution in [3.05, 3.63) is 153 Å². The van der Waals surface area contributed by atoms with Crippen molar-refractivity contribution in [1.29, 1.82) is 0 Å². The summed E-state index contributed by atoms with van der Waals surface area (Å²) in [6, 6.07) is 44.3. The molecule has 6 aromatic heterocycles. The van der Waals surface area contributed by atoms with Gasteiger partial charge in [-0.25, -0.2) is 0 Å². The van der Waals surface area contributed by atoms with E-state index in [1.54, 1.807) is 45.3 Å². The lowest BCUT2D eigenvalue weighted by Crippen LogP contribution is -1.89. The minimum absolute atomic E-state index is 1.03. The largest absolute Gasteiger partial charge is 0.343 e. The van der Waals surface area contributed by atoms with E-state index in [0.717, 1.165) is 20.9 Å². The second kappa shape index (κ2) is 12.4. The molecule has 0 bridgehead atoms. The summed E-state index contributed by atoms with van der Waals surface area (Å²) in [6.45, 7) is 0. The Morgan fingerprint density at radius 2 is 0.870 bits per heavy atom. The molecule has 6 heteroatoms. The highest BCUT2D eigenvalue weighted by Gasteiger charge is 2.17. The lowest BCUT2D eigenvalue weighted by Gasteiger charge is -2.04. The Hall–Kier alpha value is -5.86. The molecule has 0 spiro atoms. The van der Waals surface area contributed by atoms with Crippen molar-refractivity contribution in [2.45, 2.75) is 0 Å². The van der Waals surface area contributed by atoms with Gasteiger partial charge >= 0.3 is 0 Å². The van der Waals surface area contributed by atoms with Crippen LogP contribution in [0.1, 0.15) is 20.9 Å². The van der Waals surface area contributed by atoms with Gasteiger partial charge in [0.1, 0.15) is 0 Å². The lowest BCUT2D eigenvalue weighted by molar-refractivity contribution is 1.01. The molecule has 5 aromatic carbocycles. The van der Waals surface area contributed by atoms with Gasteiger partial charge < -0.3 is 9.13 Å². The minimum Gasteiger partial charge on any atom is -0.343 e. The van der Waals surface area contributed by atoms with E-state index in [1.165, 1.54) is 84.7 Å². The highest BCUT2D eigenvalue weighted by molar-refractivity contribution is 7.22. The summed E-state index contributed by atoms with van der Waals surface area (Å²) in [6.07, 6.45) is 0. The van der Waals surface area contributed by atoms with Crippen molar-refractivity contribution in [1.82, 2.24) is 9.13 Å². The molecule has 11 aromatic rings. The Morgan fingerprint density at radius 1 is 0.407 bits per heavy atom. The van der Waals surface area contributed by atoms with Crippen LogP contribution in [0.2, 0.25) is 0 Å². The second-order valence-corrected chi connectivity index (χ2v) is 17.6. The fourth-order valence-electron chi connectivity index (χ4n) is 7.92. The first-order chi connectivity index (χ1) is 26.6. The van der Waals surface area contributed by atoms with Crippen molar-refractivity contribution < 1.29 is 0 Å². The Balaban J connectivity index is 0.961. The number of aryl methyl sites for hydroxylation is 2. The zero-order valence-corrected chi connectivity index (χ0v) is 32.5. The van der Waals surface area contributed by atoms with Crippen LogP contribution >= 0.6 is 45.3 Å². The Bertz CT molecular complexity index is 3180. The summed E-state index contributed by atoms with van der Waals surface area (Å²) in [7, 11) is 4.40. The van der Waals surface area contributed by atoms with E-state index in [1.807, 2.05) is 0 Å². The third-order valence-corrected chi connectivity index (χ3v) is 14.6. The van der Waals surface area contributed by atoms with Crippen LogP contribution in [-0.4, -0.2) is 9.13 Å². The van der Waals surface area contributed by atoms with Gasteiger partial charge in [0, 0.05) is 88.1 Å². The van der Waals surface area contributed by atoms with E-state index in [2.05, 4.69) is 179 Å². The average molecular weight is 761 g/mol. The van der Waals surface area contributed by atoms with Gasteiger partial charge in [-0.3, -0.25) is 0 Å². The highest BCUT2D eigenvalue weighted by Crippen LogP contribution is 2.40. The highest BCUT2D eigenvalue weighted by atomic mass is 32.1. The van der Waals surface area contributed by atoms with Gasteiger partial charge in [-0.15, -0.1) is 45.3 Å². The van der Waals surface area contributed by atoms with Gasteiger partial charge in [-0.1, -0.05) is 72.2 Å². The molecule has 0 amide bonds. The molecule has 54 heavy (non-hydrogen) atoms. The van der Waals surface area contributed by atoms with Gasteiger partial charge in [0.15, 0.2) is 0 Å². The number of hydrogen-bond acceptors (Lipinski definition) is 4. The lowest BCUT2D eigenvalue weighted by atomic mass is 10.0. The molecular weight excluding hydrogens is 733 g/mol. The number of rotatable bonds is 2. The first kappa shape index (κ1) is 31.6. The van der Waals surface area contributed by atoms with Crippen LogP contribution in [0.15, 0.2) is 132 Å². The van der Waals surface area contributed by atoms with Gasteiger partial charge in [0.2, 0.25) is 0 Å². The first-order valence-corrected chi connectivity index (χ1v) is 21.1. The fraction of sp³-hybridized carbons (Fsp3) is 0.0417. The number of fused-ring (bicyclic) bond motifs is 10. The van der Waals surface area contributed by atoms with Crippen molar-refractivity contribution in [2.24, 2.45) is 14.1 Å². The zero-order chi connectivity index (χ0) is 35.9. The quantitative estimate of drug-likeness (QED) is 0.155.